The molecule has 0 radical (unpaired) electrons. The Bertz CT molecular complexity index is 314. The van der Waals surface area contributed by atoms with Crippen molar-refractivity contribution in [1.29, 1.82) is 0 Å². The molecular formula is C13H23N3OS. The van der Waals surface area contributed by atoms with E-state index in [0.717, 1.165) is 12.8 Å². The summed E-state index contributed by atoms with van der Waals surface area (Å²) in [6.45, 7) is 2.23. The van der Waals surface area contributed by atoms with Crippen molar-refractivity contribution in [2.24, 2.45) is 0 Å². The van der Waals surface area contributed by atoms with Gasteiger partial charge in [-0.25, -0.2) is 0 Å². The topological polar surface area (TPSA) is 54.9 Å². The Morgan fingerprint density at radius 1 is 1.17 bits per heavy atom. The van der Waals surface area contributed by atoms with Crippen molar-refractivity contribution in [3.05, 3.63) is 5.51 Å². The maximum absolute atomic E-state index is 11.5. The quantitative estimate of drug-likeness (QED) is 0.653. The molecule has 0 bridgehead atoms. The second kappa shape index (κ2) is 10.00. The van der Waals surface area contributed by atoms with Crippen LogP contribution in [-0.4, -0.2) is 16.1 Å². The highest BCUT2D eigenvalue weighted by molar-refractivity contribution is 7.13. The van der Waals surface area contributed by atoms with Crippen molar-refractivity contribution < 1.29 is 4.79 Å². The fourth-order valence-corrected chi connectivity index (χ4v) is 2.29. The van der Waals surface area contributed by atoms with Crippen LogP contribution in [0, 0.1) is 0 Å². The molecular weight excluding hydrogens is 246 g/mol. The van der Waals surface area contributed by atoms with Gasteiger partial charge in [-0.1, -0.05) is 63.2 Å². The number of nitrogens with zero attached hydrogens (tertiary/aromatic N) is 2. The van der Waals surface area contributed by atoms with E-state index in [1.54, 1.807) is 5.51 Å². The van der Waals surface area contributed by atoms with Crippen molar-refractivity contribution in [3.8, 4) is 0 Å². The van der Waals surface area contributed by atoms with Gasteiger partial charge in [0, 0.05) is 6.42 Å². The van der Waals surface area contributed by atoms with Gasteiger partial charge in [0.1, 0.15) is 5.51 Å². The van der Waals surface area contributed by atoms with E-state index in [1.165, 1.54) is 49.9 Å². The zero-order chi connectivity index (χ0) is 13.1. The number of carbonyl (C=O) groups is 1. The average molecular weight is 269 g/mol. The lowest BCUT2D eigenvalue weighted by atomic mass is 10.1. The van der Waals surface area contributed by atoms with Gasteiger partial charge in [0.25, 0.3) is 0 Å². The molecule has 0 fully saturated rings. The number of carbonyl (C=O) groups excluding carboxylic acids is 1. The minimum Gasteiger partial charge on any atom is -0.301 e. The van der Waals surface area contributed by atoms with Gasteiger partial charge >= 0.3 is 0 Å². The first kappa shape index (κ1) is 15.1. The Labute approximate surface area is 113 Å². The van der Waals surface area contributed by atoms with E-state index >= 15 is 0 Å². The predicted molar refractivity (Wildman–Crippen MR) is 75.8 cm³/mol. The van der Waals surface area contributed by atoms with Crippen molar-refractivity contribution in [2.45, 2.75) is 64.7 Å². The zero-order valence-electron chi connectivity index (χ0n) is 11.2. The maximum atomic E-state index is 11.5. The van der Waals surface area contributed by atoms with Crippen LogP contribution >= 0.6 is 11.3 Å². The first-order valence-electron chi connectivity index (χ1n) is 6.89. The van der Waals surface area contributed by atoms with E-state index in [1.807, 2.05) is 0 Å². The molecule has 0 saturated carbocycles. The van der Waals surface area contributed by atoms with E-state index < -0.39 is 0 Å². The van der Waals surface area contributed by atoms with Crippen molar-refractivity contribution in [3.63, 3.8) is 0 Å². The molecule has 0 saturated heterocycles. The van der Waals surface area contributed by atoms with Gasteiger partial charge in [-0.15, -0.1) is 10.2 Å². The van der Waals surface area contributed by atoms with E-state index in [9.17, 15) is 4.79 Å². The number of amides is 1. The summed E-state index contributed by atoms with van der Waals surface area (Å²) in [5.41, 5.74) is 1.62. The maximum Gasteiger partial charge on any atom is 0.226 e. The monoisotopic (exact) mass is 269 g/mol. The summed E-state index contributed by atoms with van der Waals surface area (Å²) in [4.78, 5) is 11.5. The van der Waals surface area contributed by atoms with Crippen LogP contribution < -0.4 is 5.32 Å². The van der Waals surface area contributed by atoms with Crippen LogP contribution in [0.3, 0.4) is 0 Å². The first-order valence-corrected chi connectivity index (χ1v) is 7.77. The van der Waals surface area contributed by atoms with Crippen LogP contribution in [0.15, 0.2) is 5.51 Å². The SMILES string of the molecule is CCCCCCCCCCC(=O)Nc1nncs1. The van der Waals surface area contributed by atoms with Crippen LogP contribution in [0.25, 0.3) is 0 Å². The minimum absolute atomic E-state index is 0.0535. The summed E-state index contributed by atoms with van der Waals surface area (Å²) in [6.07, 6.45) is 10.6. The normalized spacial score (nSPS) is 10.5. The molecule has 0 aliphatic rings. The van der Waals surface area contributed by atoms with Gasteiger partial charge in [0.2, 0.25) is 11.0 Å². The molecule has 5 heteroatoms. The van der Waals surface area contributed by atoms with Crippen LogP contribution in [0.2, 0.25) is 0 Å². The molecule has 1 amide bonds. The molecule has 1 aromatic rings. The predicted octanol–water partition coefficient (Wildman–Crippen LogP) is 4.01. The Morgan fingerprint density at radius 3 is 2.44 bits per heavy atom. The Hall–Kier alpha value is -0.970. The standard InChI is InChI=1S/C13H23N3OS/c1-2-3-4-5-6-7-8-9-10-12(17)15-13-16-14-11-18-13/h11H,2-10H2,1H3,(H,15,16,17). The van der Waals surface area contributed by atoms with E-state index in [0.29, 0.717) is 11.6 Å². The number of aromatic nitrogens is 2. The van der Waals surface area contributed by atoms with Crippen molar-refractivity contribution >= 4 is 22.4 Å². The lowest BCUT2D eigenvalue weighted by Crippen LogP contribution is -2.10. The Kier molecular flexibility index (Phi) is 8.38. The summed E-state index contributed by atoms with van der Waals surface area (Å²) in [6, 6.07) is 0. The third-order valence-electron chi connectivity index (χ3n) is 2.86. The fourth-order valence-electron chi connectivity index (χ4n) is 1.83. The Balaban J connectivity index is 1.90. The Morgan fingerprint density at radius 2 is 1.83 bits per heavy atom. The average Bonchev–Trinajstić information content (AvgIpc) is 2.85. The van der Waals surface area contributed by atoms with Crippen LogP contribution in [-0.2, 0) is 4.79 Å². The highest BCUT2D eigenvalue weighted by atomic mass is 32.1. The molecule has 1 N–H and O–H groups in total. The molecule has 1 heterocycles. The summed E-state index contributed by atoms with van der Waals surface area (Å²) < 4.78 is 0. The van der Waals surface area contributed by atoms with Gasteiger partial charge in [-0.05, 0) is 6.42 Å². The number of nitrogens with one attached hydrogen (secondary N) is 1. The summed E-state index contributed by atoms with van der Waals surface area (Å²) in [7, 11) is 0. The first-order chi connectivity index (χ1) is 8.83. The summed E-state index contributed by atoms with van der Waals surface area (Å²) in [5.74, 6) is 0.0535. The lowest BCUT2D eigenvalue weighted by molar-refractivity contribution is -0.116. The zero-order valence-corrected chi connectivity index (χ0v) is 12.0. The summed E-state index contributed by atoms with van der Waals surface area (Å²) in [5, 5.41) is 10.8. The molecule has 0 aromatic carbocycles. The van der Waals surface area contributed by atoms with E-state index in [2.05, 4.69) is 22.4 Å². The second-order valence-corrected chi connectivity index (χ2v) is 5.35. The van der Waals surface area contributed by atoms with E-state index in [-0.39, 0.29) is 5.91 Å². The number of rotatable bonds is 10. The van der Waals surface area contributed by atoms with Gasteiger partial charge in [0.15, 0.2) is 0 Å². The molecule has 0 unspecified atom stereocenters. The van der Waals surface area contributed by atoms with Crippen molar-refractivity contribution in [2.75, 3.05) is 5.32 Å². The van der Waals surface area contributed by atoms with Crippen LogP contribution in [0.4, 0.5) is 5.13 Å². The molecule has 18 heavy (non-hydrogen) atoms. The molecule has 1 rings (SSSR count). The number of hydrogen-bond acceptors (Lipinski definition) is 4. The van der Waals surface area contributed by atoms with E-state index in [4.69, 9.17) is 0 Å². The second-order valence-electron chi connectivity index (χ2n) is 4.52. The summed E-state index contributed by atoms with van der Waals surface area (Å²) >= 11 is 1.35. The molecule has 0 aliphatic carbocycles. The largest absolute Gasteiger partial charge is 0.301 e. The molecule has 0 atom stereocenters. The highest BCUT2D eigenvalue weighted by Crippen LogP contribution is 2.11. The van der Waals surface area contributed by atoms with Crippen LogP contribution in [0.5, 0.6) is 0 Å². The molecule has 4 nitrogen and oxygen atoms in total. The number of hydrogen-bond donors (Lipinski definition) is 1. The molecule has 0 spiro atoms. The van der Waals surface area contributed by atoms with Crippen LogP contribution in [0.1, 0.15) is 64.7 Å². The van der Waals surface area contributed by atoms with Gasteiger partial charge in [-0.3, -0.25) is 4.79 Å². The highest BCUT2D eigenvalue weighted by Gasteiger charge is 2.03. The number of anilines is 1. The van der Waals surface area contributed by atoms with Crippen molar-refractivity contribution in [1.82, 2.24) is 10.2 Å². The van der Waals surface area contributed by atoms with Gasteiger partial charge < -0.3 is 5.32 Å². The molecule has 0 aliphatic heterocycles. The number of unbranched alkanes of at least 4 members (excludes halogenated alkanes) is 7. The minimum atomic E-state index is 0.0535. The fraction of sp³-hybridized carbons (Fsp3) is 0.769. The lowest BCUT2D eigenvalue weighted by Gasteiger charge is -2.02. The smallest absolute Gasteiger partial charge is 0.226 e. The third kappa shape index (κ3) is 7.37. The molecule has 102 valence electrons. The van der Waals surface area contributed by atoms with Gasteiger partial charge in [0.05, 0.1) is 0 Å². The van der Waals surface area contributed by atoms with Gasteiger partial charge in [-0.2, -0.15) is 0 Å². The molecule has 1 aromatic heterocycles. The third-order valence-corrected chi connectivity index (χ3v) is 3.47.